The SMILES string of the molecule is Nc1ncccc1CN1CCN(C(=O)Cc2ccccc2)CC(O)C1. The monoisotopic (exact) mass is 340 g/mol. The van der Waals surface area contributed by atoms with Gasteiger partial charge in [0.1, 0.15) is 5.82 Å². The van der Waals surface area contributed by atoms with E-state index in [1.807, 2.05) is 42.5 Å². The average Bonchev–Trinajstić information content (AvgIpc) is 2.79. The Labute approximate surface area is 147 Å². The molecule has 1 fully saturated rings. The third-order valence-corrected chi connectivity index (χ3v) is 4.46. The zero-order valence-electron chi connectivity index (χ0n) is 14.2. The molecule has 0 saturated carbocycles. The molecule has 0 bridgehead atoms. The molecule has 1 aliphatic rings. The molecule has 1 amide bonds. The predicted molar refractivity (Wildman–Crippen MR) is 96.7 cm³/mol. The van der Waals surface area contributed by atoms with Crippen LogP contribution in [0.3, 0.4) is 0 Å². The van der Waals surface area contributed by atoms with Gasteiger partial charge in [-0.2, -0.15) is 0 Å². The topological polar surface area (TPSA) is 82.7 Å². The van der Waals surface area contributed by atoms with Gasteiger partial charge < -0.3 is 15.7 Å². The van der Waals surface area contributed by atoms with Crippen molar-refractivity contribution in [1.82, 2.24) is 14.8 Å². The molecule has 1 aromatic heterocycles. The molecule has 2 heterocycles. The van der Waals surface area contributed by atoms with E-state index in [0.717, 1.165) is 11.1 Å². The van der Waals surface area contributed by atoms with E-state index in [0.29, 0.717) is 45.0 Å². The summed E-state index contributed by atoms with van der Waals surface area (Å²) in [7, 11) is 0. The number of hydrogen-bond donors (Lipinski definition) is 2. The van der Waals surface area contributed by atoms with Crippen molar-refractivity contribution in [1.29, 1.82) is 0 Å². The minimum atomic E-state index is -0.569. The van der Waals surface area contributed by atoms with Gasteiger partial charge in [0.2, 0.25) is 5.91 Å². The standard InChI is InChI=1S/C19H24N4O2/c20-19-16(7-4-8-21-19)12-22-9-10-23(14-17(24)13-22)18(25)11-15-5-2-1-3-6-15/h1-8,17,24H,9-14H2,(H2,20,21). The lowest BCUT2D eigenvalue weighted by Gasteiger charge is -2.22. The van der Waals surface area contributed by atoms with E-state index in [-0.39, 0.29) is 5.91 Å². The van der Waals surface area contributed by atoms with Crippen LogP contribution in [0.1, 0.15) is 11.1 Å². The summed E-state index contributed by atoms with van der Waals surface area (Å²) in [6, 6.07) is 13.5. The van der Waals surface area contributed by atoms with Gasteiger partial charge >= 0.3 is 0 Å². The summed E-state index contributed by atoms with van der Waals surface area (Å²) >= 11 is 0. The smallest absolute Gasteiger partial charge is 0.227 e. The molecule has 2 aromatic rings. The number of β-amino-alcohol motifs (C(OH)–C–C–N with tert-alkyl or cyclic N) is 1. The normalized spacial score (nSPS) is 18.8. The molecule has 1 atom stereocenters. The molecule has 0 radical (unpaired) electrons. The van der Waals surface area contributed by atoms with Gasteiger partial charge in [-0.25, -0.2) is 4.98 Å². The van der Waals surface area contributed by atoms with Crippen molar-refractivity contribution in [2.24, 2.45) is 0 Å². The molecule has 6 heteroatoms. The molecule has 3 rings (SSSR count). The van der Waals surface area contributed by atoms with E-state index in [9.17, 15) is 9.90 Å². The summed E-state index contributed by atoms with van der Waals surface area (Å²) < 4.78 is 0. The van der Waals surface area contributed by atoms with Crippen LogP contribution < -0.4 is 5.73 Å². The number of carbonyl (C=O) groups excluding carboxylic acids is 1. The van der Waals surface area contributed by atoms with Gasteiger partial charge in [-0.05, 0) is 11.6 Å². The summed E-state index contributed by atoms with van der Waals surface area (Å²) in [4.78, 5) is 20.5. The zero-order chi connectivity index (χ0) is 17.6. The number of nitrogens with zero attached hydrogens (tertiary/aromatic N) is 3. The van der Waals surface area contributed by atoms with Crippen molar-refractivity contribution in [2.75, 3.05) is 31.9 Å². The highest BCUT2D eigenvalue weighted by Gasteiger charge is 2.24. The highest BCUT2D eigenvalue weighted by molar-refractivity contribution is 5.78. The Morgan fingerprint density at radius 2 is 1.96 bits per heavy atom. The summed E-state index contributed by atoms with van der Waals surface area (Å²) in [5, 5.41) is 10.3. The number of hydrogen-bond acceptors (Lipinski definition) is 5. The van der Waals surface area contributed by atoms with Gasteiger partial charge in [0.25, 0.3) is 0 Å². The maximum absolute atomic E-state index is 12.6. The van der Waals surface area contributed by atoms with Crippen LogP contribution in [0.5, 0.6) is 0 Å². The fourth-order valence-corrected chi connectivity index (χ4v) is 3.13. The number of nitrogens with two attached hydrogens (primary N) is 1. The minimum absolute atomic E-state index is 0.0491. The number of carbonyl (C=O) groups is 1. The van der Waals surface area contributed by atoms with Gasteiger partial charge in [0, 0.05) is 44.5 Å². The van der Waals surface area contributed by atoms with E-state index >= 15 is 0 Å². The summed E-state index contributed by atoms with van der Waals surface area (Å²) in [5.74, 6) is 0.561. The number of amides is 1. The van der Waals surface area contributed by atoms with Crippen LogP contribution in [0, 0.1) is 0 Å². The van der Waals surface area contributed by atoms with Crippen molar-refractivity contribution in [3.05, 3.63) is 59.8 Å². The predicted octanol–water partition coefficient (Wildman–Crippen LogP) is 0.912. The van der Waals surface area contributed by atoms with E-state index in [1.165, 1.54) is 0 Å². The molecule has 0 aliphatic carbocycles. The Bertz CT molecular complexity index is 708. The van der Waals surface area contributed by atoms with E-state index in [2.05, 4.69) is 9.88 Å². The minimum Gasteiger partial charge on any atom is -0.390 e. The van der Waals surface area contributed by atoms with Crippen LogP contribution in [0.2, 0.25) is 0 Å². The number of rotatable bonds is 4. The maximum atomic E-state index is 12.6. The lowest BCUT2D eigenvalue weighted by molar-refractivity contribution is -0.131. The third kappa shape index (κ3) is 4.78. The van der Waals surface area contributed by atoms with Gasteiger partial charge in [0.05, 0.1) is 12.5 Å². The summed E-state index contributed by atoms with van der Waals surface area (Å²) in [5.41, 5.74) is 7.84. The summed E-state index contributed by atoms with van der Waals surface area (Å²) in [6.45, 7) is 2.81. The first kappa shape index (κ1) is 17.4. The molecule has 3 N–H and O–H groups in total. The van der Waals surface area contributed by atoms with Crippen molar-refractivity contribution in [2.45, 2.75) is 19.1 Å². The largest absolute Gasteiger partial charge is 0.390 e. The van der Waals surface area contributed by atoms with Crippen molar-refractivity contribution in [3.8, 4) is 0 Å². The van der Waals surface area contributed by atoms with Crippen LogP contribution in [0.25, 0.3) is 0 Å². The molecule has 1 aromatic carbocycles. The number of benzene rings is 1. The van der Waals surface area contributed by atoms with Crippen molar-refractivity contribution < 1.29 is 9.90 Å². The van der Waals surface area contributed by atoms with E-state index in [4.69, 9.17) is 5.73 Å². The van der Waals surface area contributed by atoms with E-state index in [1.54, 1.807) is 11.1 Å². The Morgan fingerprint density at radius 3 is 2.72 bits per heavy atom. The second kappa shape index (κ2) is 8.09. The fourth-order valence-electron chi connectivity index (χ4n) is 3.13. The quantitative estimate of drug-likeness (QED) is 0.864. The number of nitrogen functional groups attached to an aromatic ring is 1. The van der Waals surface area contributed by atoms with Crippen molar-refractivity contribution in [3.63, 3.8) is 0 Å². The number of aliphatic hydroxyl groups is 1. The zero-order valence-corrected chi connectivity index (χ0v) is 14.2. The number of anilines is 1. The number of aromatic nitrogens is 1. The Morgan fingerprint density at radius 1 is 1.16 bits per heavy atom. The van der Waals surface area contributed by atoms with Crippen LogP contribution in [0.15, 0.2) is 48.7 Å². The highest BCUT2D eigenvalue weighted by Crippen LogP contribution is 2.14. The van der Waals surface area contributed by atoms with Gasteiger partial charge in [-0.1, -0.05) is 36.4 Å². The van der Waals surface area contributed by atoms with Crippen LogP contribution in [-0.2, 0) is 17.8 Å². The molecular formula is C19H24N4O2. The van der Waals surface area contributed by atoms with Gasteiger partial charge in [-0.15, -0.1) is 0 Å². The van der Waals surface area contributed by atoms with Crippen LogP contribution in [0.4, 0.5) is 5.82 Å². The average molecular weight is 340 g/mol. The second-order valence-corrected chi connectivity index (χ2v) is 6.44. The molecule has 132 valence electrons. The first-order valence-electron chi connectivity index (χ1n) is 8.53. The third-order valence-electron chi connectivity index (χ3n) is 4.46. The molecule has 1 aliphatic heterocycles. The molecular weight excluding hydrogens is 316 g/mol. The van der Waals surface area contributed by atoms with Crippen LogP contribution >= 0.6 is 0 Å². The summed E-state index contributed by atoms with van der Waals surface area (Å²) in [6.07, 6.45) is 1.46. The van der Waals surface area contributed by atoms with Gasteiger partial charge in [-0.3, -0.25) is 9.69 Å². The highest BCUT2D eigenvalue weighted by atomic mass is 16.3. The second-order valence-electron chi connectivity index (χ2n) is 6.44. The molecule has 0 spiro atoms. The molecule has 6 nitrogen and oxygen atoms in total. The first-order valence-corrected chi connectivity index (χ1v) is 8.53. The van der Waals surface area contributed by atoms with E-state index < -0.39 is 6.10 Å². The van der Waals surface area contributed by atoms with Crippen molar-refractivity contribution >= 4 is 11.7 Å². The molecule has 1 saturated heterocycles. The lowest BCUT2D eigenvalue weighted by Crippen LogP contribution is -2.38. The first-order chi connectivity index (χ1) is 12.1. The lowest BCUT2D eigenvalue weighted by atomic mass is 10.1. The molecule has 25 heavy (non-hydrogen) atoms. The van der Waals surface area contributed by atoms with Crippen LogP contribution in [-0.4, -0.2) is 58.1 Å². The molecule has 1 unspecified atom stereocenters. The Balaban J connectivity index is 1.61. The Kier molecular flexibility index (Phi) is 5.63. The number of pyridine rings is 1. The number of aliphatic hydroxyl groups excluding tert-OH is 1. The fraction of sp³-hybridized carbons (Fsp3) is 0.368. The Hall–Kier alpha value is -2.44. The maximum Gasteiger partial charge on any atom is 0.227 e. The van der Waals surface area contributed by atoms with Gasteiger partial charge in [0.15, 0.2) is 0 Å².